The third-order valence-corrected chi connectivity index (χ3v) is 4.42. The van der Waals surface area contributed by atoms with Gasteiger partial charge in [0.1, 0.15) is 11.3 Å². The summed E-state index contributed by atoms with van der Waals surface area (Å²) in [4.78, 5) is 17.0. The zero-order chi connectivity index (χ0) is 19.0. The number of nitrogens with zero attached hydrogens (tertiary/aromatic N) is 1. The fourth-order valence-electron chi connectivity index (χ4n) is 2.96. The number of aromatic hydroxyl groups is 1. The lowest BCUT2D eigenvalue weighted by Gasteiger charge is -2.09. The molecule has 4 aromatic rings. The molecule has 2 N–H and O–H groups in total. The van der Waals surface area contributed by atoms with Crippen LogP contribution in [0.25, 0.3) is 22.6 Å². The SMILES string of the molecule is Cc1ccc2oc(-c3cc(NC(=O)c4ccccc4C)ccc3O)nc2c1. The van der Waals surface area contributed by atoms with Crippen molar-refractivity contribution in [2.45, 2.75) is 13.8 Å². The van der Waals surface area contributed by atoms with Crippen LogP contribution in [0.2, 0.25) is 0 Å². The quantitative estimate of drug-likeness (QED) is 0.501. The fraction of sp³-hybridized carbons (Fsp3) is 0.0909. The predicted molar refractivity (Wildman–Crippen MR) is 105 cm³/mol. The molecular weight excluding hydrogens is 340 g/mol. The van der Waals surface area contributed by atoms with E-state index in [1.165, 1.54) is 6.07 Å². The Labute approximate surface area is 156 Å². The van der Waals surface area contributed by atoms with E-state index >= 15 is 0 Å². The maximum absolute atomic E-state index is 12.5. The number of hydrogen-bond donors (Lipinski definition) is 2. The Kier molecular flexibility index (Phi) is 4.12. The lowest BCUT2D eigenvalue weighted by atomic mass is 10.1. The second-order valence-corrected chi connectivity index (χ2v) is 6.49. The van der Waals surface area contributed by atoms with Gasteiger partial charge in [-0.25, -0.2) is 4.98 Å². The number of oxazole rings is 1. The second kappa shape index (κ2) is 6.61. The fourth-order valence-corrected chi connectivity index (χ4v) is 2.96. The molecule has 4 rings (SSSR count). The maximum atomic E-state index is 12.5. The summed E-state index contributed by atoms with van der Waals surface area (Å²) in [5.41, 5.74) is 4.91. The standard InChI is InChI=1S/C22H18N2O3/c1-13-7-10-20-18(11-13)24-22(27-20)17-12-15(8-9-19(17)25)23-21(26)16-6-4-3-5-14(16)2/h3-12,25H,1-2H3,(H,23,26). The van der Waals surface area contributed by atoms with Crippen molar-refractivity contribution in [3.8, 4) is 17.2 Å². The number of benzene rings is 3. The van der Waals surface area contributed by atoms with Crippen molar-refractivity contribution < 1.29 is 14.3 Å². The molecule has 1 amide bonds. The van der Waals surface area contributed by atoms with Gasteiger partial charge in [-0.1, -0.05) is 24.3 Å². The van der Waals surface area contributed by atoms with Crippen molar-refractivity contribution in [2.75, 3.05) is 5.32 Å². The Morgan fingerprint density at radius 3 is 2.67 bits per heavy atom. The number of carbonyl (C=O) groups is 1. The molecule has 27 heavy (non-hydrogen) atoms. The smallest absolute Gasteiger partial charge is 0.255 e. The summed E-state index contributed by atoms with van der Waals surface area (Å²) in [7, 11) is 0. The van der Waals surface area contributed by atoms with E-state index in [0.29, 0.717) is 28.3 Å². The summed E-state index contributed by atoms with van der Waals surface area (Å²) < 4.78 is 5.77. The van der Waals surface area contributed by atoms with E-state index in [0.717, 1.165) is 16.6 Å². The number of nitrogens with one attached hydrogen (secondary N) is 1. The monoisotopic (exact) mass is 358 g/mol. The first-order chi connectivity index (χ1) is 13.0. The molecule has 3 aromatic carbocycles. The van der Waals surface area contributed by atoms with Crippen LogP contribution in [0.5, 0.6) is 5.75 Å². The molecule has 0 atom stereocenters. The Morgan fingerprint density at radius 1 is 1.04 bits per heavy atom. The largest absolute Gasteiger partial charge is 0.507 e. The van der Waals surface area contributed by atoms with Gasteiger partial charge in [0.05, 0.1) is 5.56 Å². The molecule has 0 saturated heterocycles. The molecular formula is C22H18N2O3. The van der Waals surface area contributed by atoms with E-state index in [1.54, 1.807) is 18.2 Å². The van der Waals surface area contributed by atoms with Gasteiger partial charge in [0.25, 0.3) is 5.91 Å². The first kappa shape index (κ1) is 16.8. The predicted octanol–water partition coefficient (Wildman–Crippen LogP) is 5.07. The molecule has 134 valence electrons. The Morgan fingerprint density at radius 2 is 1.85 bits per heavy atom. The number of phenols is 1. The number of anilines is 1. The average molecular weight is 358 g/mol. The first-order valence-corrected chi connectivity index (χ1v) is 8.59. The zero-order valence-corrected chi connectivity index (χ0v) is 15.0. The minimum Gasteiger partial charge on any atom is -0.507 e. The topological polar surface area (TPSA) is 75.4 Å². The number of fused-ring (bicyclic) bond motifs is 1. The number of phenolic OH excluding ortho intramolecular Hbond substituents is 1. The van der Waals surface area contributed by atoms with Gasteiger partial charge in [-0.15, -0.1) is 0 Å². The molecule has 0 saturated carbocycles. The van der Waals surface area contributed by atoms with Crippen molar-refractivity contribution >= 4 is 22.7 Å². The lowest BCUT2D eigenvalue weighted by Crippen LogP contribution is -2.13. The van der Waals surface area contributed by atoms with Gasteiger partial charge < -0.3 is 14.8 Å². The van der Waals surface area contributed by atoms with E-state index < -0.39 is 0 Å². The number of amides is 1. The van der Waals surface area contributed by atoms with E-state index in [-0.39, 0.29) is 11.7 Å². The molecule has 0 aliphatic carbocycles. The van der Waals surface area contributed by atoms with Gasteiger partial charge in [0.15, 0.2) is 5.58 Å². The molecule has 5 heteroatoms. The maximum Gasteiger partial charge on any atom is 0.255 e. The summed E-state index contributed by atoms with van der Waals surface area (Å²) >= 11 is 0. The normalized spacial score (nSPS) is 10.9. The van der Waals surface area contributed by atoms with Crippen LogP contribution in [0.3, 0.4) is 0 Å². The summed E-state index contributed by atoms with van der Waals surface area (Å²) in [6.45, 7) is 3.87. The van der Waals surface area contributed by atoms with Crippen molar-refractivity contribution in [3.63, 3.8) is 0 Å². The molecule has 0 bridgehead atoms. The van der Waals surface area contributed by atoms with Crippen LogP contribution >= 0.6 is 0 Å². The number of rotatable bonds is 3. The summed E-state index contributed by atoms with van der Waals surface area (Å²) in [5.74, 6) is 0.130. The van der Waals surface area contributed by atoms with Crippen LogP contribution in [-0.2, 0) is 0 Å². The van der Waals surface area contributed by atoms with Gasteiger partial charge in [0.2, 0.25) is 5.89 Å². The van der Waals surface area contributed by atoms with Crippen LogP contribution < -0.4 is 5.32 Å². The molecule has 0 aliphatic rings. The zero-order valence-electron chi connectivity index (χ0n) is 15.0. The number of hydrogen-bond acceptors (Lipinski definition) is 4. The molecule has 0 radical (unpaired) electrons. The number of aryl methyl sites for hydroxylation is 2. The van der Waals surface area contributed by atoms with Gasteiger partial charge in [-0.05, 0) is 61.4 Å². The average Bonchev–Trinajstić information content (AvgIpc) is 3.06. The van der Waals surface area contributed by atoms with Crippen molar-refractivity contribution in [1.29, 1.82) is 0 Å². The number of aromatic nitrogens is 1. The number of carbonyl (C=O) groups excluding carboxylic acids is 1. The van der Waals surface area contributed by atoms with Crippen LogP contribution in [0.15, 0.2) is 65.1 Å². The summed E-state index contributed by atoms with van der Waals surface area (Å²) in [6, 6.07) is 17.9. The van der Waals surface area contributed by atoms with Crippen molar-refractivity contribution in [2.24, 2.45) is 0 Å². The van der Waals surface area contributed by atoms with E-state index in [2.05, 4.69) is 10.3 Å². The van der Waals surface area contributed by atoms with Gasteiger partial charge in [-0.3, -0.25) is 4.79 Å². The highest BCUT2D eigenvalue weighted by atomic mass is 16.3. The van der Waals surface area contributed by atoms with Crippen LogP contribution in [0.4, 0.5) is 5.69 Å². The Hall–Kier alpha value is -3.60. The molecule has 0 unspecified atom stereocenters. The van der Waals surface area contributed by atoms with Crippen LogP contribution in [0.1, 0.15) is 21.5 Å². The molecule has 1 heterocycles. The van der Waals surface area contributed by atoms with Crippen LogP contribution in [0, 0.1) is 13.8 Å². The highest BCUT2D eigenvalue weighted by Crippen LogP contribution is 2.33. The van der Waals surface area contributed by atoms with E-state index in [4.69, 9.17) is 4.42 Å². The lowest BCUT2D eigenvalue weighted by molar-refractivity contribution is 0.102. The van der Waals surface area contributed by atoms with E-state index in [9.17, 15) is 9.90 Å². The Bertz CT molecular complexity index is 1160. The molecule has 1 aromatic heterocycles. The van der Waals surface area contributed by atoms with Crippen molar-refractivity contribution in [1.82, 2.24) is 4.98 Å². The first-order valence-electron chi connectivity index (χ1n) is 8.59. The minimum atomic E-state index is -0.210. The minimum absolute atomic E-state index is 0.0344. The highest BCUT2D eigenvalue weighted by molar-refractivity contribution is 6.05. The highest BCUT2D eigenvalue weighted by Gasteiger charge is 2.15. The molecule has 0 spiro atoms. The summed E-state index contributed by atoms with van der Waals surface area (Å²) in [5, 5.41) is 13.1. The van der Waals surface area contributed by atoms with Gasteiger partial charge in [-0.2, -0.15) is 0 Å². The third-order valence-electron chi connectivity index (χ3n) is 4.42. The van der Waals surface area contributed by atoms with Gasteiger partial charge >= 0.3 is 0 Å². The Balaban J connectivity index is 1.68. The summed E-state index contributed by atoms with van der Waals surface area (Å²) in [6.07, 6.45) is 0. The van der Waals surface area contributed by atoms with Gasteiger partial charge in [0, 0.05) is 11.3 Å². The van der Waals surface area contributed by atoms with E-state index in [1.807, 2.05) is 50.2 Å². The molecule has 0 fully saturated rings. The second-order valence-electron chi connectivity index (χ2n) is 6.49. The van der Waals surface area contributed by atoms with Crippen molar-refractivity contribution in [3.05, 3.63) is 77.4 Å². The van der Waals surface area contributed by atoms with Crippen LogP contribution in [-0.4, -0.2) is 16.0 Å². The molecule has 0 aliphatic heterocycles. The molecule has 5 nitrogen and oxygen atoms in total. The third kappa shape index (κ3) is 3.27.